The zero-order valence-corrected chi connectivity index (χ0v) is 19.8. The molecule has 11 heteroatoms. The van der Waals surface area contributed by atoms with Gasteiger partial charge in [-0.2, -0.15) is 0 Å². The first-order valence-corrected chi connectivity index (χ1v) is 11.4. The quantitative estimate of drug-likeness (QED) is 0.422. The third-order valence-electron chi connectivity index (χ3n) is 4.80. The number of nitrogens with zero attached hydrogens (tertiary/aromatic N) is 3. The number of carbonyl (C=O) groups is 2. The van der Waals surface area contributed by atoms with Crippen LogP contribution in [-0.2, 0) is 16.1 Å². The predicted octanol–water partition coefficient (Wildman–Crippen LogP) is 3.49. The number of imide groups is 1. The van der Waals surface area contributed by atoms with Crippen molar-refractivity contribution in [2.24, 2.45) is 0 Å². The molecule has 180 valence electrons. The zero-order valence-electron chi connectivity index (χ0n) is 19.0. The number of urea groups is 1. The molecule has 0 radical (unpaired) electrons. The molecule has 3 rings (SSSR count). The molecule has 3 aromatic rings. The minimum absolute atomic E-state index is 0.0387. The number of halogens is 1. The Morgan fingerprint density at radius 2 is 1.82 bits per heavy atom. The van der Waals surface area contributed by atoms with Crippen molar-refractivity contribution in [1.29, 1.82) is 0 Å². The maximum absolute atomic E-state index is 14.0. The van der Waals surface area contributed by atoms with E-state index >= 15 is 0 Å². The second-order valence-electron chi connectivity index (χ2n) is 7.27. The van der Waals surface area contributed by atoms with Crippen LogP contribution in [0.5, 0.6) is 5.75 Å². The van der Waals surface area contributed by atoms with E-state index in [1.165, 1.54) is 19.2 Å². The largest absolute Gasteiger partial charge is 0.483 e. The first-order chi connectivity index (χ1) is 16.4. The van der Waals surface area contributed by atoms with Crippen LogP contribution in [0.3, 0.4) is 0 Å². The minimum atomic E-state index is -0.781. The van der Waals surface area contributed by atoms with Crippen LogP contribution in [0.25, 0.3) is 0 Å². The van der Waals surface area contributed by atoms with Crippen LogP contribution in [0.15, 0.2) is 59.8 Å². The van der Waals surface area contributed by atoms with E-state index in [1.54, 1.807) is 35.9 Å². The molecule has 1 aromatic heterocycles. The fourth-order valence-corrected chi connectivity index (χ4v) is 4.35. The number of amides is 3. The summed E-state index contributed by atoms with van der Waals surface area (Å²) in [6.07, 6.45) is 0. The molecule has 34 heavy (non-hydrogen) atoms. The standard InChI is InChI=1S/C23H26FN5O4S/c1-15(13-32-3)29-19(14-33-18-12-8-7-11-17(18)24)27-28-23(29)34-20(16-9-5-4-6-10-16)21(30)26-22(31)25-2/h4-12,15,20H,13-14H2,1-3H3,(H2,25,26,30,31)/t15-,20-/m0/s1. The number of hydrogen-bond acceptors (Lipinski definition) is 7. The number of ether oxygens (including phenoxy) is 2. The van der Waals surface area contributed by atoms with Gasteiger partial charge < -0.3 is 14.8 Å². The van der Waals surface area contributed by atoms with Crippen molar-refractivity contribution in [2.75, 3.05) is 20.8 Å². The normalized spacial score (nSPS) is 12.6. The van der Waals surface area contributed by atoms with Crippen molar-refractivity contribution in [3.05, 3.63) is 71.8 Å². The van der Waals surface area contributed by atoms with E-state index in [2.05, 4.69) is 20.8 Å². The second kappa shape index (κ2) is 12.1. The van der Waals surface area contributed by atoms with E-state index in [9.17, 15) is 14.0 Å². The van der Waals surface area contributed by atoms with Crippen LogP contribution in [0.4, 0.5) is 9.18 Å². The fraction of sp³-hybridized carbons (Fsp3) is 0.304. The van der Waals surface area contributed by atoms with Crippen LogP contribution in [0, 0.1) is 5.82 Å². The molecule has 0 aliphatic rings. The molecule has 0 aliphatic heterocycles. The van der Waals surface area contributed by atoms with Gasteiger partial charge in [0.2, 0.25) is 5.91 Å². The summed E-state index contributed by atoms with van der Waals surface area (Å²) in [6, 6.07) is 14.3. The number of rotatable bonds is 10. The van der Waals surface area contributed by atoms with Crippen molar-refractivity contribution >= 4 is 23.7 Å². The SMILES string of the molecule is CNC(=O)NC(=O)[C@@H](Sc1nnc(COc2ccccc2F)n1[C@@H](C)COC)c1ccccc1. The van der Waals surface area contributed by atoms with Gasteiger partial charge in [-0.25, -0.2) is 9.18 Å². The number of benzene rings is 2. The highest BCUT2D eigenvalue weighted by atomic mass is 32.2. The first kappa shape index (κ1) is 25.2. The molecule has 0 spiro atoms. The number of aromatic nitrogens is 3. The summed E-state index contributed by atoms with van der Waals surface area (Å²) in [5, 5.41) is 12.8. The Kier molecular flexibility index (Phi) is 9.00. The average Bonchev–Trinajstić information content (AvgIpc) is 3.25. The molecule has 0 saturated carbocycles. The number of methoxy groups -OCH3 is 1. The Hall–Kier alpha value is -3.44. The van der Waals surface area contributed by atoms with Crippen LogP contribution in [0.1, 0.15) is 29.6 Å². The van der Waals surface area contributed by atoms with Crippen molar-refractivity contribution in [3.8, 4) is 5.75 Å². The molecule has 2 atom stereocenters. The van der Waals surface area contributed by atoms with E-state index in [-0.39, 0.29) is 18.4 Å². The lowest BCUT2D eigenvalue weighted by Crippen LogP contribution is -2.39. The summed E-state index contributed by atoms with van der Waals surface area (Å²) in [7, 11) is 3.00. The van der Waals surface area contributed by atoms with E-state index in [4.69, 9.17) is 9.47 Å². The van der Waals surface area contributed by atoms with Crippen LogP contribution in [0.2, 0.25) is 0 Å². The van der Waals surface area contributed by atoms with Crippen molar-refractivity contribution < 1.29 is 23.5 Å². The molecule has 0 aliphatic carbocycles. The lowest BCUT2D eigenvalue weighted by Gasteiger charge is -2.20. The van der Waals surface area contributed by atoms with Crippen LogP contribution >= 0.6 is 11.8 Å². The molecule has 0 saturated heterocycles. The van der Waals surface area contributed by atoms with Crippen LogP contribution < -0.4 is 15.4 Å². The van der Waals surface area contributed by atoms with Gasteiger partial charge in [-0.1, -0.05) is 54.2 Å². The molecule has 0 bridgehead atoms. The van der Waals surface area contributed by atoms with Gasteiger partial charge in [0.25, 0.3) is 0 Å². The van der Waals surface area contributed by atoms with Crippen molar-refractivity contribution in [1.82, 2.24) is 25.4 Å². The van der Waals surface area contributed by atoms with Crippen LogP contribution in [-0.4, -0.2) is 47.5 Å². The van der Waals surface area contributed by atoms with Crippen molar-refractivity contribution in [3.63, 3.8) is 0 Å². The lowest BCUT2D eigenvalue weighted by molar-refractivity contribution is -0.119. The van der Waals surface area contributed by atoms with Gasteiger partial charge in [-0.3, -0.25) is 14.7 Å². The van der Waals surface area contributed by atoms with Gasteiger partial charge in [-0.15, -0.1) is 10.2 Å². The van der Waals surface area contributed by atoms with Gasteiger partial charge in [0.1, 0.15) is 11.9 Å². The summed E-state index contributed by atoms with van der Waals surface area (Å²) in [5.41, 5.74) is 0.687. The smallest absolute Gasteiger partial charge is 0.321 e. The molecule has 0 unspecified atom stereocenters. The maximum atomic E-state index is 14.0. The highest BCUT2D eigenvalue weighted by Crippen LogP contribution is 2.36. The number of nitrogens with one attached hydrogen (secondary N) is 2. The highest BCUT2D eigenvalue weighted by molar-refractivity contribution is 8.00. The van der Waals surface area contributed by atoms with Gasteiger partial charge in [-0.05, 0) is 24.6 Å². The summed E-state index contributed by atoms with van der Waals surface area (Å²) >= 11 is 1.14. The number of thioether (sulfide) groups is 1. The van der Waals surface area contributed by atoms with Gasteiger partial charge in [0.15, 0.2) is 22.5 Å². The predicted molar refractivity (Wildman–Crippen MR) is 125 cm³/mol. The molecular weight excluding hydrogens is 461 g/mol. The molecule has 3 amide bonds. The third-order valence-corrected chi connectivity index (χ3v) is 6.02. The van der Waals surface area contributed by atoms with Gasteiger partial charge in [0, 0.05) is 14.2 Å². The molecule has 9 nitrogen and oxygen atoms in total. The van der Waals surface area contributed by atoms with Crippen molar-refractivity contribution in [2.45, 2.75) is 30.0 Å². The fourth-order valence-electron chi connectivity index (χ4n) is 3.19. The Morgan fingerprint density at radius 3 is 2.50 bits per heavy atom. The van der Waals surface area contributed by atoms with E-state index in [0.29, 0.717) is 23.2 Å². The van der Waals surface area contributed by atoms with Gasteiger partial charge >= 0.3 is 6.03 Å². The molecule has 2 N–H and O–H groups in total. The molecular formula is C23H26FN5O4S. The molecule has 2 aromatic carbocycles. The van der Waals surface area contributed by atoms with E-state index in [0.717, 1.165) is 11.8 Å². The molecule has 1 heterocycles. The Morgan fingerprint density at radius 1 is 1.12 bits per heavy atom. The molecule has 0 fully saturated rings. The second-order valence-corrected chi connectivity index (χ2v) is 8.34. The summed E-state index contributed by atoms with van der Waals surface area (Å²) in [4.78, 5) is 24.7. The van der Waals surface area contributed by atoms with E-state index < -0.39 is 23.0 Å². The average molecular weight is 488 g/mol. The summed E-state index contributed by atoms with van der Waals surface area (Å²) < 4.78 is 26.7. The van der Waals surface area contributed by atoms with E-state index in [1.807, 2.05) is 25.1 Å². The highest BCUT2D eigenvalue weighted by Gasteiger charge is 2.28. The Bertz CT molecular complexity index is 1110. The third kappa shape index (κ3) is 6.33. The number of carbonyl (C=O) groups excluding carboxylic acids is 2. The minimum Gasteiger partial charge on any atom is -0.483 e. The van der Waals surface area contributed by atoms with Gasteiger partial charge in [0.05, 0.1) is 12.6 Å². The monoisotopic (exact) mass is 487 g/mol. The summed E-state index contributed by atoms with van der Waals surface area (Å²) in [6.45, 7) is 2.22. The maximum Gasteiger partial charge on any atom is 0.321 e. The number of hydrogen-bond donors (Lipinski definition) is 2. The zero-order chi connectivity index (χ0) is 24.5. The number of para-hydroxylation sites is 1. The lowest BCUT2D eigenvalue weighted by atomic mass is 10.1. The topological polar surface area (TPSA) is 107 Å². The first-order valence-electron chi connectivity index (χ1n) is 10.5. The summed E-state index contributed by atoms with van der Waals surface area (Å²) in [5.74, 6) is -0.455. The Balaban J connectivity index is 1.91. The Labute approximate surface area is 201 Å².